The van der Waals surface area contributed by atoms with Gasteiger partial charge in [0.15, 0.2) is 0 Å². The van der Waals surface area contributed by atoms with Gasteiger partial charge in [0.25, 0.3) is 0 Å². The molecule has 3 aliphatic heterocycles. The second-order valence-electron chi connectivity index (χ2n) is 11.2. The third-order valence-electron chi connectivity index (χ3n) is 9.10. The van der Waals surface area contributed by atoms with Gasteiger partial charge in [0.05, 0.1) is 33.4 Å². The quantitative estimate of drug-likeness (QED) is 0.628. The number of rotatable bonds is 5. The predicted molar refractivity (Wildman–Crippen MR) is 134 cm³/mol. The summed E-state index contributed by atoms with van der Waals surface area (Å²) in [5.41, 5.74) is 2.01. The molecule has 6 nitrogen and oxygen atoms in total. The molecule has 2 aliphatic carbocycles. The van der Waals surface area contributed by atoms with Crippen LogP contribution in [0.3, 0.4) is 0 Å². The fourth-order valence-electron chi connectivity index (χ4n) is 6.78. The first-order valence-electron chi connectivity index (χ1n) is 12.7. The number of piperidine rings is 1. The molecule has 0 amide bonds. The summed E-state index contributed by atoms with van der Waals surface area (Å²) < 4.78 is 13.3. The third-order valence-corrected chi connectivity index (χ3v) is 11.5. The Balaban J connectivity index is 1.23. The monoisotopic (exact) mass is 498 g/mol. The van der Waals surface area contributed by atoms with Crippen LogP contribution in [0.25, 0.3) is 0 Å². The topological polar surface area (TPSA) is 78.4 Å². The lowest BCUT2D eigenvalue weighted by molar-refractivity contribution is 0.143. The Morgan fingerprint density at radius 2 is 1.79 bits per heavy atom. The van der Waals surface area contributed by atoms with E-state index in [2.05, 4.69) is 22.3 Å². The van der Waals surface area contributed by atoms with Crippen LogP contribution >= 0.6 is 11.6 Å². The molecule has 5 aliphatic rings. The Bertz CT molecular complexity index is 1140. The van der Waals surface area contributed by atoms with Crippen molar-refractivity contribution in [1.29, 1.82) is 0 Å². The minimum Gasteiger partial charge on any atom is -0.394 e. The van der Waals surface area contributed by atoms with E-state index in [0.717, 1.165) is 91.6 Å². The molecule has 1 aromatic carbocycles. The molecule has 3 atom stereocenters. The number of hydrogen-bond donors (Lipinski definition) is 2. The van der Waals surface area contributed by atoms with E-state index in [1.54, 1.807) is 0 Å². The van der Waals surface area contributed by atoms with Crippen molar-refractivity contribution in [2.75, 3.05) is 16.8 Å². The number of aliphatic hydroxyl groups is 1. The highest BCUT2D eigenvalue weighted by atomic mass is 35.5. The highest BCUT2D eigenvalue weighted by Gasteiger charge is 2.56. The minimum atomic E-state index is -1.07. The lowest BCUT2D eigenvalue weighted by atomic mass is 9.77. The van der Waals surface area contributed by atoms with E-state index >= 15 is 0 Å². The second-order valence-corrected chi connectivity index (χ2v) is 13.5. The van der Waals surface area contributed by atoms with Crippen LogP contribution in [-0.4, -0.2) is 48.3 Å². The highest BCUT2D eigenvalue weighted by molar-refractivity contribution is 7.87. The molecule has 0 radical (unpaired) electrons. The van der Waals surface area contributed by atoms with Gasteiger partial charge in [-0.05, 0) is 81.4 Å². The van der Waals surface area contributed by atoms with Crippen molar-refractivity contribution >= 4 is 34.2 Å². The van der Waals surface area contributed by atoms with Gasteiger partial charge in [0.2, 0.25) is 5.95 Å². The molecule has 8 heteroatoms. The van der Waals surface area contributed by atoms with Crippen molar-refractivity contribution in [3.63, 3.8) is 0 Å². The number of nitrogens with zero attached hydrogens (tertiary/aromatic N) is 3. The summed E-state index contributed by atoms with van der Waals surface area (Å²) in [4.78, 5) is 13.4. The zero-order valence-electron chi connectivity index (χ0n) is 19.3. The number of anilines is 2. The van der Waals surface area contributed by atoms with Gasteiger partial charge in [-0.3, -0.25) is 4.21 Å². The van der Waals surface area contributed by atoms with E-state index in [0.29, 0.717) is 18.0 Å². The molecule has 180 valence electrons. The molecule has 4 fully saturated rings. The third kappa shape index (κ3) is 3.26. The van der Waals surface area contributed by atoms with Crippen molar-refractivity contribution in [3.8, 4) is 0 Å². The molecule has 2 saturated carbocycles. The summed E-state index contributed by atoms with van der Waals surface area (Å²) in [5, 5.41) is 14.5. The fraction of sp³-hybridized carbons (Fsp3) is 0.615. The Hall–Kier alpha value is -1.70. The maximum atomic E-state index is 13.4. The summed E-state index contributed by atoms with van der Waals surface area (Å²) in [6.45, 7) is 0.0800. The van der Waals surface area contributed by atoms with Crippen LogP contribution in [0.2, 0.25) is 5.02 Å². The number of aromatic nitrogens is 2. The van der Waals surface area contributed by atoms with Crippen LogP contribution in [0.5, 0.6) is 0 Å². The van der Waals surface area contributed by atoms with E-state index in [9.17, 15) is 9.32 Å². The Morgan fingerprint density at radius 1 is 1.09 bits per heavy atom. The number of nitrogens with one attached hydrogen (secondary N) is 1. The molecule has 2 aromatic rings. The van der Waals surface area contributed by atoms with Gasteiger partial charge >= 0.3 is 0 Å². The predicted octanol–water partition coefficient (Wildman–Crippen LogP) is 4.57. The van der Waals surface area contributed by atoms with E-state index in [1.807, 2.05) is 12.1 Å². The molecule has 2 bridgehead atoms. The first kappa shape index (κ1) is 21.6. The van der Waals surface area contributed by atoms with Crippen molar-refractivity contribution < 1.29 is 9.32 Å². The smallest absolute Gasteiger partial charge is 0.228 e. The average Bonchev–Trinajstić information content (AvgIpc) is 3.47. The summed E-state index contributed by atoms with van der Waals surface area (Å²) in [6, 6.07) is 9.18. The van der Waals surface area contributed by atoms with E-state index < -0.39 is 10.8 Å². The molecule has 3 unspecified atom stereocenters. The summed E-state index contributed by atoms with van der Waals surface area (Å²) in [5.74, 6) is 2.05. The summed E-state index contributed by atoms with van der Waals surface area (Å²) in [7, 11) is -1.07. The van der Waals surface area contributed by atoms with Crippen molar-refractivity contribution in [1.82, 2.24) is 9.97 Å². The van der Waals surface area contributed by atoms with Crippen LogP contribution in [0.15, 0.2) is 29.2 Å². The molecule has 2 saturated heterocycles. The van der Waals surface area contributed by atoms with Gasteiger partial charge in [0.1, 0.15) is 10.7 Å². The van der Waals surface area contributed by atoms with Gasteiger partial charge < -0.3 is 15.3 Å². The lowest BCUT2D eigenvalue weighted by Gasteiger charge is -2.42. The molecular weight excluding hydrogens is 468 g/mol. The minimum absolute atomic E-state index is 0.0800. The maximum absolute atomic E-state index is 13.4. The first-order valence-corrected chi connectivity index (χ1v) is 14.3. The Labute approximate surface area is 208 Å². The SMILES string of the molecule is O=S1c2c(nc(N3C4CCC3CC(c3ccc(Cl)cc3)C4)nc2NC2(CO)CCC2)CC12CC2. The molecular formula is C26H31ClN4O2S. The lowest BCUT2D eigenvalue weighted by Crippen LogP contribution is -2.49. The van der Waals surface area contributed by atoms with Crippen LogP contribution in [-0.2, 0) is 17.2 Å². The summed E-state index contributed by atoms with van der Waals surface area (Å²) >= 11 is 6.12. The van der Waals surface area contributed by atoms with Crippen molar-refractivity contribution in [2.24, 2.45) is 0 Å². The molecule has 1 spiro atoms. The normalized spacial score (nSPS) is 31.9. The average molecular weight is 499 g/mol. The zero-order valence-corrected chi connectivity index (χ0v) is 20.9. The Kier molecular flexibility index (Phi) is 4.85. The van der Waals surface area contributed by atoms with Gasteiger partial charge in [0, 0.05) is 23.5 Å². The number of fused-ring (bicyclic) bond motifs is 3. The number of aliphatic hydroxyl groups excluding tert-OH is 1. The molecule has 2 N–H and O–H groups in total. The van der Waals surface area contributed by atoms with Crippen LogP contribution in [0.1, 0.15) is 75.0 Å². The van der Waals surface area contributed by atoms with Gasteiger partial charge in [-0.25, -0.2) is 4.98 Å². The van der Waals surface area contributed by atoms with Crippen LogP contribution in [0.4, 0.5) is 11.8 Å². The number of hydrogen-bond acceptors (Lipinski definition) is 6. The van der Waals surface area contributed by atoms with Gasteiger partial charge in [-0.2, -0.15) is 4.98 Å². The Morgan fingerprint density at radius 3 is 2.38 bits per heavy atom. The fourth-order valence-corrected chi connectivity index (χ4v) is 8.68. The number of benzene rings is 1. The van der Waals surface area contributed by atoms with E-state index in [1.165, 1.54) is 5.56 Å². The maximum Gasteiger partial charge on any atom is 0.228 e. The van der Waals surface area contributed by atoms with Gasteiger partial charge in [-0.15, -0.1) is 0 Å². The van der Waals surface area contributed by atoms with Crippen molar-refractivity contribution in [3.05, 3.63) is 40.5 Å². The number of halogens is 1. The van der Waals surface area contributed by atoms with E-state index in [4.69, 9.17) is 21.6 Å². The zero-order chi connectivity index (χ0) is 23.1. The standard InChI is InChI=1S/C26H31ClN4O2S/c27-18-4-2-16(3-5-18)17-12-19-6-7-20(13-17)31(19)24-28-21-14-26(10-11-26)34(33)22(21)23(29-24)30-25(15-32)8-1-9-25/h2-5,17,19-20,32H,1,6-15H2,(H,28,29,30). The second kappa shape index (κ2) is 7.65. The van der Waals surface area contributed by atoms with E-state index in [-0.39, 0.29) is 16.9 Å². The molecule has 7 rings (SSSR count). The molecule has 1 aromatic heterocycles. The molecule has 34 heavy (non-hydrogen) atoms. The highest BCUT2D eigenvalue weighted by Crippen LogP contribution is 2.55. The van der Waals surface area contributed by atoms with Crippen molar-refractivity contribution in [2.45, 2.75) is 97.4 Å². The largest absolute Gasteiger partial charge is 0.394 e. The first-order chi connectivity index (χ1) is 16.5. The summed E-state index contributed by atoms with van der Waals surface area (Å²) in [6.07, 6.45) is 10.3. The van der Waals surface area contributed by atoms with Gasteiger partial charge in [-0.1, -0.05) is 23.7 Å². The molecule has 4 heterocycles. The van der Waals surface area contributed by atoms with Crippen LogP contribution < -0.4 is 10.2 Å². The van der Waals surface area contributed by atoms with Crippen LogP contribution in [0, 0.1) is 0 Å².